The van der Waals surface area contributed by atoms with Gasteiger partial charge in [-0.2, -0.15) is 5.10 Å². The van der Waals surface area contributed by atoms with Crippen LogP contribution in [0.15, 0.2) is 23.0 Å². The first kappa shape index (κ1) is 14.7. The predicted octanol–water partition coefficient (Wildman–Crippen LogP) is 1.49. The van der Waals surface area contributed by atoms with Crippen LogP contribution in [0, 0.1) is 0 Å². The fourth-order valence-electron chi connectivity index (χ4n) is 3.09. The molecule has 0 bridgehead atoms. The monoisotopic (exact) mass is 301 g/mol. The van der Waals surface area contributed by atoms with Gasteiger partial charge in [0, 0.05) is 11.9 Å². The maximum absolute atomic E-state index is 11.9. The van der Waals surface area contributed by atoms with Crippen LogP contribution in [0.25, 0.3) is 10.8 Å². The molecule has 3 rings (SSSR count). The van der Waals surface area contributed by atoms with Crippen LogP contribution in [-0.2, 0) is 16.8 Å². The molecule has 0 spiro atoms. The van der Waals surface area contributed by atoms with E-state index >= 15 is 0 Å². The molecule has 0 amide bonds. The Morgan fingerprint density at radius 3 is 2.64 bits per heavy atom. The molecule has 1 aromatic heterocycles. The number of aromatic nitrogens is 2. The van der Waals surface area contributed by atoms with E-state index in [1.807, 2.05) is 25.1 Å². The van der Waals surface area contributed by atoms with Gasteiger partial charge in [-0.15, -0.1) is 0 Å². The third-order valence-electron chi connectivity index (χ3n) is 4.50. The molecule has 1 aromatic carbocycles. The lowest BCUT2D eigenvalue weighted by Gasteiger charge is -2.38. The maximum atomic E-state index is 11.9. The molecule has 0 saturated heterocycles. The molecule has 1 saturated carbocycles. The molecular weight excluding hydrogens is 282 g/mol. The van der Waals surface area contributed by atoms with E-state index in [9.17, 15) is 14.7 Å². The molecule has 2 aromatic rings. The van der Waals surface area contributed by atoms with E-state index in [4.69, 9.17) is 0 Å². The molecule has 0 unspecified atom stereocenters. The Morgan fingerprint density at radius 2 is 2.09 bits per heavy atom. The van der Waals surface area contributed by atoms with E-state index in [-0.39, 0.29) is 5.56 Å². The molecule has 116 valence electrons. The number of rotatable bonds is 4. The molecule has 1 aliphatic rings. The van der Waals surface area contributed by atoms with E-state index in [0.29, 0.717) is 24.8 Å². The summed E-state index contributed by atoms with van der Waals surface area (Å²) >= 11 is 0. The van der Waals surface area contributed by atoms with Crippen molar-refractivity contribution in [1.82, 2.24) is 15.1 Å². The number of carboxylic acid groups (broad SMARTS) is 1. The van der Waals surface area contributed by atoms with Crippen molar-refractivity contribution in [3.8, 4) is 0 Å². The van der Waals surface area contributed by atoms with Crippen LogP contribution < -0.4 is 5.56 Å². The fraction of sp³-hybridized carbons (Fsp3) is 0.438. The van der Waals surface area contributed by atoms with Gasteiger partial charge in [0.25, 0.3) is 5.56 Å². The molecule has 1 heterocycles. The summed E-state index contributed by atoms with van der Waals surface area (Å²) in [6, 6.07) is 5.32. The number of carbonyl (C=O) groups is 1. The average molecular weight is 301 g/mol. The van der Waals surface area contributed by atoms with Crippen LogP contribution in [0.2, 0.25) is 0 Å². The van der Waals surface area contributed by atoms with Gasteiger partial charge in [0.05, 0.1) is 16.5 Å². The van der Waals surface area contributed by atoms with Crippen molar-refractivity contribution in [3.05, 3.63) is 39.8 Å². The van der Waals surface area contributed by atoms with Crippen molar-refractivity contribution in [2.75, 3.05) is 14.1 Å². The van der Waals surface area contributed by atoms with Crippen molar-refractivity contribution in [1.29, 1.82) is 0 Å². The molecule has 6 nitrogen and oxygen atoms in total. The lowest BCUT2D eigenvalue weighted by atomic mass is 9.64. The highest BCUT2D eigenvalue weighted by Gasteiger charge is 2.46. The molecule has 22 heavy (non-hydrogen) atoms. The van der Waals surface area contributed by atoms with Gasteiger partial charge in [-0.25, -0.2) is 5.10 Å². The van der Waals surface area contributed by atoms with Gasteiger partial charge in [-0.1, -0.05) is 12.5 Å². The molecular formula is C16H19N3O3. The molecule has 0 radical (unpaired) electrons. The zero-order valence-corrected chi connectivity index (χ0v) is 12.7. The third-order valence-corrected chi connectivity index (χ3v) is 4.50. The van der Waals surface area contributed by atoms with Crippen LogP contribution in [0.3, 0.4) is 0 Å². The van der Waals surface area contributed by atoms with Crippen molar-refractivity contribution in [3.63, 3.8) is 0 Å². The normalized spacial score (nSPS) is 16.7. The minimum absolute atomic E-state index is 0.248. The van der Waals surface area contributed by atoms with Crippen molar-refractivity contribution in [2.45, 2.75) is 31.2 Å². The summed E-state index contributed by atoms with van der Waals surface area (Å²) in [6.07, 6.45) is 2.21. The topological polar surface area (TPSA) is 86.3 Å². The molecule has 0 aliphatic heterocycles. The number of nitrogens with one attached hydrogen (secondary N) is 1. The van der Waals surface area contributed by atoms with Crippen LogP contribution in [0.4, 0.5) is 0 Å². The quantitative estimate of drug-likeness (QED) is 0.893. The van der Waals surface area contributed by atoms with E-state index < -0.39 is 11.4 Å². The second kappa shape index (κ2) is 5.21. The highest BCUT2D eigenvalue weighted by atomic mass is 16.4. The number of fused-ring (bicyclic) bond motifs is 1. The van der Waals surface area contributed by atoms with E-state index in [1.165, 1.54) is 0 Å². The van der Waals surface area contributed by atoms with Crippen LogP contribution in [-0.4, -0.2) is 40.3 Å². The van der Waals surface area contributed by atoms with Gasteiger partial charge in [0.15, 0.2) is 0 Å². The minimum atomic E-state index is -0.799. The number of H-pyrrole nitrogens is 1. The first-order chi connectivity index (χ1) is 10.4. The lowest BCUT2D eigenvalue weighted by molar-refractivity contribution is -0.147. The van der Waals surface area contributed by atoms with Gasteiger partial charge < -0.3 is 10.0 Å². The van der Waals surface area contributed by atoms with E-state index in [1.54, 1.807) is 12.1 Å². The number of hydrogen-bond donors (Lipinski definition) is 2. The van der Waals surface area contributed by atoms with Gasteiger partial charge in [-0.3, -0.25) is 9.59 Å². The Balaban J connectivity index is 2.20. The maximum Gasteiger partial charge on any atom is 0.314 e. The molecule has 1 aliphatic carbocycles. The first-order valence-electron chi connectivity index (χ1n) is 7.34. The Kier molecular flexibility index (Phi) is 3.48. The van der Waals surface area contributed by atoms with Gasteiger partial charge >= 0.3 is 5.97 Å². The number of aromatic amines is 1. The molecule has 1 fully saturated rings. The SMILES string of the molecule is CN(C)Cc1n[nH]c(=O)c2ccc(C3(C(=O)O)CCC3)cc12. The van der Waals surface area contributed by atoms with Crippen LogP contribution in [0.1, 0.15) is 30.5 Å². The molecule has 2 N–H and O–H groups in total. The number of aliphatic carboxylic acids is 1. The van der Waals surface area contributed by atoms with Crippen molar-refractivity contribution >= 4 is 16.7 Å². The summed E-state index contributed by atoms with van der Waals surface area (Å²) in [4.78, 5) is 25.6. The zero-order valence-electron chi connectivity index (χ0n) is 12.7. The van der Waals surface area contributed by atoms with Crippen LogP contribution >= 0.6 is 0 Å². The number of hydrogen-bond acceptors (Lipinski definition) is 4. The molecule has 6 heteroatoms. The highest BCUT2D eigenvalue weighted by Crippen LogP contribution is 2.44. The zero-order chi connectivity index (χ0) is 15.9. The Bertz CT molecular complexity index is 791. The van der Waals surface area contributed by atoms with E-state index in [0.717, 1.165) is 23.1 Å². The summed E-state index contributed by atoms with van der Waals surface area (Å²) in [6.45, 7) is 0.580. The second-order valence-corrected chi connectivity index (χ2v) is 6.24. The van der Waals surface area contributed by atoms with Crippen molar-refractivity contribution in [2.24, 2.45) is 0 Å². The predicted molar refractivity (Wildman–Crippen MR) is 82.9 cm³/mol. The highest BCUT2D eigenvalue weighted by molar-refractivity contribution is 5.88. The van der Waals surface area contributed by atoms with Gasteiger partial charge in [0.1, 0.15) is 0 Å². The fourth-order valence-corrected chi connectivity index (χ4v) is 3.09. The smallest absolute Gasteiger partial charge is 0.314 e. The second-order valence-electron chi connectivity index (χ2n) is 6.24. The van der Waals surface area contributed by atoms with Crippen molar-refractivity contribution < 1.29 is 9.90 Å². The standard InChI is InChI=1S/C16H19N3O3/c1-19(2)9-13-12-8-10(16(15(21)22)6-3-7-16)4-5-11(12)14(20)18-17-13/h4-5,8H,3,6-7,9H2,1-2H3,(H,18,20)(H,21,22). The van der Waals surface area contributed by atoms with Gasteiger partial charge in [0.2, 0.25) is 0 Å². The number of carboxylic acids is 1. The first-order valence-corrected chi connectivity index (χ1v) is 7.34. The third kappa shape index (κ3) is 2.20. The summed E-state index contributed by atoms with van der Waals surface area (Å²) in [7, 11) is 3.85. The Morgan fingerprint density at radius 1 is 1.36 bits per heavy atom. The largest absolute Gasteiger partial charge is 0.481 e. The summed E-state index contributed by atoms with van der Waals surface area (Å²) in [5.41, 5.74) is 0.473. The summed E-state index contributed by atoms with van der Waals surface area (Å²) in [5.74, 6) is -0.787. The summed E-state index contributed by atoms with van der Waals surface area (Å²) in [5, 5.41) is 17.5. The van der Waals surface area contributed by atoms with Crippen LogP contribution in [0.5, 0.6) is 0 Å². The number of benzene rings is 1. The van der Waals surface area contributed by atoms with Gasteiger partial charge in [-0.05, 0) is 44.6 Å². The summed E-state index contributed by atoms with van der Waals surface area (Å²) < 4.78 is 0. The lowest BCUT2D eigenvalue weighted by Crippen LogP contribution is -2.42. The number of nitrogens with zero attached hydrogens (tertiary/aromatic N) is 2. The Labute approximate surface area is 127 Å². The average Bonchev–Trinajstić information content (AvgIpc) is 2.40. The van der Waals surface area contributed by atoms with E-state index in [2.05, 4.69) is 10.2 Å². The Hall–Kier alpha value is -2.21. The molecule has 0 atom stereocenters. The minimum Gasteiger partial charge on any atom is -0.481 e.